The Hall–Kier alpha value is -3.74. The van der Waals surface area contributed by atoms with E-state index in [1.54, 1.807) is 6.07 Å². The standard InChI is InChI=1S/C19H15N3O4/c1-13-5-7-14(8-6-13)18-10-9-17(26-18)12-20-21-19(23)15-3-2-4-16(11-15)22(24)25/h2-12H,1H3,(H,21,23)/b20-12-. The number of nitrogens with zero attached hydrogens (tertiary/aromatic N) is 2. The van der Waals surface area contributed by atoms with Gasteiger partial charge >= 0.3 is 0 Å². The first-order valence-corrected chi connectivity index (χ1v) is 7.78. The van der Waals surface area contributed by atoms with Gasteiger partial charge in [0.25, 0.3) is 11.6 Å². The number of hydrogen-bond donors (Lipinski definition) is 1. The van der Waals surface area contributed by atoms with Gasteiger partial charge in [0.1, 0.15) is 11.5 Å². The van der Waals surface area contributed by atoms with Crippen molar-refractivity contribution in [2.75, 3.05) is 0 Å². The maximum absolute atomic E-state index is 12.0. The summed E-state index contributed by atoms with van der Waals surface area (Å²) in [6.45, 7) is 2.01. The van der Waals surface area contributed by atoms with E-state index >= 15 is 0 Å². The molecule has 3 aromatic rings. The molecule has 1 amide bonds. The maximum Gasteiger partial charge on any atom is 0.271 e. The predicted octanol–water partition coefficient (Wildman–Crippen LogP) is 3.93. The highest BCUT2D eigenvalue weighted by atomic mass is 16.6. The van der Waals surface area contributed by atoms with Crippen LogP contribution < -0.4 is 5.43 Å². The second-order valence-electron chi connectivity index (χ2n) is 5.57. The molecule has 7 nitrogen and oxygen atoms in total. The minimum absolute atomic E-state index is 0.149. The fraction of sp³-hybridized carbons (Fsp3) is 0.0526. The molecule has 0 atom stereocenters. The van der Waals surface area contributed by atoms with E-state index in [4.69, 9.17) is 4.42 Å². The van der Waals surface area contributed by atoms with Crippen molar-refractivity contribution >= 4 is 17.8 Å². The summed E-state index contributed by atoms with van der Waals surface area (Å²) < 4.78 is 5.66. The molecule has 0 radical (unpaired) electrons. The third-order valence-corrected chi connectivity index (χ3v) is 3.64. The van der Waals surface area contributed by atoms with Gasteiger partial charge in [0.15, 0.2) is 0 Å². The number of nitro groups is 1. The average molecular weight is 349 g/mol. The summed E-state index contributed by atoms with van der Waals surface area (Å²) in [6, 6.07) is 16.9. The first-order valence-electron chi connectivity index (χ1n) is 7.78. The third kappa shape index (κ3) is 4.02. The van der Waals surface area contributed by atoms with Crippen LogP contribution >= 0.6 is 0 Å². The molecule has 130 valence electrons. The molecular weight excluding hydrogens is 334 g/mol. The summed E-state index contributed by atoms with van der Waals surface area (Å²) in [5.74, 6) is 0.617. The van der Waals surface area contributed by atoms with Gasteiger partial charge in [-0.1, -0.05) is 35.9 Å². The van der Waals surface area contributed by atoms with E-state index < -0.39 is 10.8 Å². The van der Waals surface area contributed by atoms with Crippen LogP contribution in [0, 0.1) is 17.0 Å². The van der Waals surface area contributed by atoms with Crippen LogP contribution in [0.25, 0.3) is 11.3 Å². The zero-order valence-electron chi connectivity index (χ0n) is 13.9. The lowest BCUT2D eigenvalue weighted by Gasteiger charge is -1.99. The summed E-state index contributed by atoms with van der Waals surface area (Å²) in [4.78, 5) is 22.2. The topological polar surface area (TPSA) is 97.7 Å². The molecule has 0 spiro atoms. The number of nitrogens with one attached hydrogen (secondary N) is 1. The van der Waals surface area contributed by atoms with Crippen molar-refractivity contribution in [3.05, 3.63) is 87.7 Å². The monoisotopic (exact) mass is 349 g/mol. The van der Waals surface area contributed by atoms with E-state index in [1.807, 2.05) is 37.3 Å². The number of aryl methyl sites for hydroxylation is 1. The van der Waals surface area contributed by atoms with Crippen LogP contribution in [-0.4, -0.2) is 17.0 Å². The van der Waals surface area contributed by atoms with Crippen LogP contribution in [0.1, 0.15) is 21.7 Å². The molecule has 1 N–H and O–H groups in total. The first-order chi connectivity index (χ1) is 12.5. The molecule has 0 aliphatic heterocycles. The SMILES string of the molecule is Cc1ccc(-c2ccc(/C=N\NC(=O)c3cccc([N+](=O)[O-])c3)o2)cc1. The van der Waals surface area contributed by atoms with Crippen LogP contribution in [0.2, 0.25) is 0 Å². The van der Waals surface area contributed by atoms with Crippen LogP contribution in [0.4, 0.5) is 5.69 Å². The zero-order chi connectivity index (χ0) is 18.5. The predicted molar refractivity (Wildman–Crippen MR) is 97.0 cm³/mol. The number of benzene rings is 2. The third-order valence-electron chi connectivity index (χ3n) is 3.64. The molecule has 0 saturated heterocycles. The number of carbonyl (C=O) groups excluding carboxylic acids is 1. The van der Waals surface area contributed by atoms with E-state index in [0.717, 1.165) is 11.1 Å². The highest BCUT2D eigenvalue weighted by Gasteiger charge is 2.10. The molecule has 0 fully saturated rings. The second-order valence-corrected chi connectivity index (χ2v) is 5.57. The largest absolute Gasteiger partial charge is 0.455 e. The minimum atomic E-state index is -0.560. The first kappa shape index (κ1) is 17.1. The smallest absolute Gasteiger partial charge is 0.271 e. The molecule has 1 aromatic heterocycles. The Balaban J connectivity index is 1.65. The van der Waals surface area contributed by atoms with Crippen LogP contribution in [0.15, 0.2) is 70.2 Å². The Morgan fingerprint density at radius 3 is 2.65 bits per heavy atom. The number of nitro benzene ring substituents is 1. The highest BCUT2D eigenvalue weighted by molar-refractivity contribution is 5.95. The van der Waals surface area contributed by atoms with Gasteiger partial charge in [-0.25, -0.2) is 5.43 Å². The number of rotatable bonds is 5. The quantitative estimate of drug-likeness (QED) is 0.429. The Kier molecular flexibility index (Phi) is 4.89. The summed E-state index contributed by atoms with van der Waals surface area (Å²) in [5, 5.41) is 14.6. The number of non-ortho nitro benzene ring substituents is 1. The minimum Gasteiger partial charge on any atom is -0.455 e. The van der Waals surface area contributed by atoms with E-state index in [0.29, 0.717) is 11.5 Å². The van der Waals surface area contributed by atoms with Gasteiger partial charge in [-0.05, 0) is 25.1 Å². The van der Waals surface area contributed by atoms with Gasteiger partial charge in [0, 0.05) is 23.3 Å². The van der Waals surface area contributed by atoms with Crippen LogP contribution in [-0.2, 0) is 0 Å². The van der Waals surface area contributed by atoms with Gasteiger partial charge in [-0.15, -0.1) is 0 Å². The molecule has 0 aliphatic carbocycles. The van der Waals surface area contributed by atoms with Crippen LogP contribution in [0.5, 0.6) is 0 Å². The van der Waals surface area contributed by atoms with Gasteiger partial charge in [0.2, 0.25) is 0 Å². The molecule has 2 aromatic carbocycles. The number of hydrazone groups is 1. The highest BCUT2D eigenvalue weighted by Crippen LogP contribution is 2.21. The second kappa shape index (κ2) is 7.43. The molecule has 3 rings (SSSR count). The fourth-order valence-corrected chi connectivity index (χ4v) is 2.27. The average Bonchev–Trinajstić information content (AvgIpc) is 3.11. The van der Waals surface area contributed by atoms with Gasteiger partial charge < -0.3 is 4.42 Å². The van der Waals surface area contributed by atoms with Crippen molar-refractivity contribution in [3.8, 4) is 11.3 Å². The Morgan fingerprint density at radius 2 is 1.92 bits per heavy atom. The van der Waals surface area contributed by atoms with Gasteiger partial charge in [0.05, 0.1) is 11.1 Å². The van der Waals surface area contributed by atoms with Crippen molar-refractivity contribution in [2.24, 2.45) is 5.10 Å². The van der Waals surface area contributed by atoms with E-state index in [1.165, 1.54) is 30.5 Å². The van der Waals surface area contributed by atoms with E-state index in [9.17, 15) is 14.9 Å². The van der Waals surface area contributed by atoms with Crippen molar-refractivity contribution in [3.63, 3.8) is 0 Å². The lowest BCUT2D eigenvalue weighted by atomic mass is 10.1. The molecule has 1 heterocycles. The lowest BCUT2D eigenvalue weighted by molar-refractivity contribution is -0.384. The van der Waals surface area contributed by atoms with Crippen molar-refractivity contribution < 1.29 is 14.1 Å². The van der Waals surface area contributed by atoms with E-state index in [-0.39, 0.29) is 11.3 Å². The van der Waals surface area contributed by atoms with Crippen molar-refractivity contribution in [2.45, 2.75) is 6.92 Å². The molecule has 0 aliphatic rings. The summed E-state index contributed by atoms with van der Waals surface area (Å²) in [5.41, 5.74) is 4.41. The van der Waals surface area contributed by atoms with Crippen molar-refractivity contribution in [1.82, 2.24) is 5.43 Å². The number of hydrogen-bond acceptors (Lipinski definition) is 5. The Morgan fingerprint density at radius 1 is 1.15 bits per heavy atom. The lowest BCUT2D eigenvalue weighted by Crippen LogP contribution is -2.17. The molecule has 0 unspecified atom stereocenters. The Labute approximate surface area is 149 Å². The molecule has 0 saturated carbocycles. The normalized spacial score (nSPS) is 10.8. The van der Waals surface area contributed by atoms with Crippen molar-refractivity contribution in [1.29, 1.82) is 0 Å². The van der Waals surface area contributed by atoms with Gasteiger partial charge in [-0.3, -0.25) is 14.9 Å². The molecule has 7 heteroatoms. The number of furan rings is 1. The zero-order valence-corrected chi connectivity index (χ0v) is 13.9. The van der Waals surface area contributed by atoms with E-state index in [2.05, 4.69) is 10.5 Å². The summed E-state index contributed by atoms with van der Waals surface area (Å²) in [6.07, 6.45) is 1.37. The Bertz CT molecular complexity index is 974. The summed E-state index contributed by atoms with van der Waals surface area (Å²) in [7, 11) is 0. The molecule has 0 bridgehead atoms. The van der Waals surface area contributed by atoms with Gasteiger partial charge in [-0.2, -0.15) is 5.10 Å². The number of carbonyl (C=O) groups is 1. The fourth-order valence-electron chi connectivity index (χ4n) is 2.27. The number of amides is 1. The molecule has 26 heavy (non-hydrogen) atoms. The summed E-state index contributed by atoms with van der Waals surface area (Å²) >= 11 is 0. The molecular formula is C19H15N3O4. The maximum atomic E-state index is 12.0. The van der Waals surface area contributed by atoms with Crippen LogP contribution in [0.3, 0.4) is 0 Å².